The summed E-state index contributed by atoms with van der Waals surface area (Å²) in [6.07, 6.45) is 5.51. The fraction of sp³-hybridized carbons (Fsp3) is 0.0714. The number of benzene rings is 3. The second-order valence-electron chi connectivity index (χ2n) is 8.47. The third-order valence-corrected chi connectivity index (χ3v) is 6.29. The van der Waals surface area contributed by atoms with Crippen molar-refractivity contribution in [3.05, 3.63) is 119 Å². The molecule has 3 aromatic carbocycles. The van der Waals surface area contributed by atoms with Crippen molar-refractivity contribution in [1.29, 1.82) is 0 Å². The Labute approximate surface area is 206 Å². The molecule has 0 spiro atoms. The number of para-hydroxylation sites is 2. The zero-order chi connectivity index (χ0) is 24.6. The van der Waals surface area contributed by atoms with Gasteiger partial charge in [-0.05, 0) is 42.0 Å². The second kappa shape index (κ2) is 8.66. The van der Waals surface area contributed by atoms with Crippen LogP contribution in [0.25, 0.3) is 33.5 Å². The van der Waals surface area contributed by atoms with Crippen LogP contribution in [-0.2, 0) is 6.54 Å². The van der Waals surface area contributed by atoms with Crippen molar-refractivity contribution in [3.8, 4) is 22.6 Å². The fourth-order valence-electron chi connectivity index (χ4n) is 4.53. The van der Waals surface area contributed by atoms with Crippen LogP contribution in [0.5, 0.6) is 0 Å². The number of carbonyl (C=O) groups excluding carboxylic acids is 1. The van der Waals surface area contributed by atoms with E-state index in [1.807, 2.05) is 59.5 Å². The quantitative estimate of drug-likeness (QED) is 0.411. The maximum atomic E-state index is 13.6. The minimum Gasteiger partial charge on any atom is -0.355 e. The molecule has 176 valence electrons. The summed E-state index contributed by atoms with van der Waals surface area (Å²) in [5.74, 6) is -0.275. The molecule has 8 nitrogen and oxygen atoms in total. The van der Waals surface area contributed by atoms with Crippen LogP contribution in [0.3, 0.4) is 0 Å². The molecule has 0 bridgehead atoms. The van der Waals surface area contributed by atoms with Crippen LogP contribution in [0.4, 0.5) is 0 Å². The number of pyridine rings is 1. The highest BCUT2D eigenvalue weighted by molar-refractivity contribution is 5.98. The molecule has 0 saturated heterocycles. The molecule has 1 amide bonds. The summed E-state index contributed by atoms with van der Waals surface area (Å²) in [5, 5.41) is 12.5. The van der Waals surface area contributed by atoms with Crippen LogP contribution < -0.4 is 10.9 Å². The van der Waals surface area contributed by atoms with Gasteiger partial charge in [0.05, 0.1) is 28.0 Å². The second-order valence-corrected chi connectivity index (χ2v) is 8.47. The molecule has 8 heteroatoms. The highest BCUT2D eigenvalue weighted by atomic mass is 16.2. The number of hydrogen-bond acceptors (Lipinski definition) is 4. The van der Waals surface area contributed by atoms with Crippen molar-refractivity contribution in [1.82, 2.24) is 29.4 Å². The van der Waals surface area contributed by atoms with Gasteiger partial charge in [0.2, 0.25) is 0 Å². The monoisotopic (exact) mass is 474 g/mol. The first-order valence-corrected chi connectivity index (χ1v) is 11.6. The lowest BCUT2D eigenvalue weighted by atomic mass is 10.1. The lowest BCUT2D eigenvalue weighted by Gasteiger charge is -2.14. The Bertz CT molecular complexity index is 1730. The zero-order valence-corrected chi connectivity index (χ0v) is 19.5. The molecule has 0 aliphatic carbocycles. The van der Waals surface area contributed by atoms with Gasteiger partial charge in [0, 0.05) is 37.6 Å². The Morgan fingerprint density at radius 3 is 2.50 bits per heavy atom. The number of amides is 1. The van der Waals surface area contributed by atoms with Gasteiger partial charge in [0.15, 0.2) is 0 Å². The van der Waals surface area contributed by atoms with E-state index in [0.717, 1.165) is 22.2 Å². The maximum absolute atomic E-state index is 13.6. The number of aromatic nitrogens is 5. The van der Waals surface area contributed by atoms with Gasteiger partial charge in [-0.3, -0.25) is 9.59 Å². The Morgan fingerprint density at radius 2 is 1.72 bits per heavy atom. The molecular weight excluding hydrogens is 452 g/mol. The normalized spacial score (nSPS) is 11.2. The summed E-state index contributed by atoms with van der Waals surface area (Å²) >= 11 is 0. The van der Waals surface area contributed by atoms with Crippen LogP contribution in [0, 0.1) is 0 Å². The van der Waals surface area contributed by atoms with Crippen LogP contribution >= 0.6 is 0 Å². The van der Waals surface area contributed by atoms with Crippen molar-refractivity contribution in [2.24, 2.45) is 0 Å². The molecule has 0 unspecified atom stereocenters. The molecule has 0 saturated carbocycles. The zero-order valence-electron chi connectivity index (χ0n) is 19.5. The molecule has 1 aromatic heterocycles. The molecule has 1 N–H and O–H groups in total. The molecular formula is C28H22N6O2. The summed E-state index contributed by atoms with van der Waals surface area (Å²) in [6.45, 7) is 0.579. The van der Waals surface area contributed by atoms with Gasteiger partial charge in [-0.1, -0.05) is 42.5 Å². The topological polar surface area (TPSA) is 86.7 Å². The Hall–Kier alpha value is -4.98. The van der Waals surface area contributed by atoms with Gasteiger partial charge >= 0.3 is 0 Å². The number of nitrogens with zero attached hydrogens (tertiary/aromatic N) is 5. The van der Waals surface area contributed by atoms with Crippen molar-refractivity contribution < 1.29 is 4.79 Å². The molecule has 6 rings (SSSR count). The molecule has 0 fully saturated rings. The summed E-state index contributed by atoms with van der Waals surface area (Å²) in [6, 6.07) is 24.9. The fourth-order valence-corrected chi connectivity index (χ4v) is 4.53. The van der Waals surface area contributed by atoms with Crippen LogP contribution in [0.15, 0.2) is 102 Å². The van der Waals surface area contributed by atoms with Gasteiger partial charge in [-0.15, -0.1) is 0 Å². The predicted molar refractivity (Wildman–Crippen MR) is 138 cm³/mol. The van der Waals surface area contributed by atoms with Crippen molar-refractivity contribution in [2.45, 2.75) is 6.54 Å². The van der Waals surface area contributed by atoms with E-state index in [4.69, 9.17) is 0 Å². The first kappa shape index (κ1) is 21.5. The van der Waals surface area contributed by atoms with E-state index < -0.39 is 0 Å². The van der Waals surface area contributed by atoms with Gasteiger partial charge < -0.3 is 9.88 Å². The Morgan fingerprint density at radius 1 is 0.944 bits per heavy atom. The van der Waals surface area contributed by atoms with Gasteiger partial charge in [0.1, 0.15) is 5.69 Å². The van der Waals surface area contributed by atoms with Gasteiger partial charge in [-0.2, -0.15) is 14.9 Å². The third kappa shape index (κ3) is 3.56. The molecule has 3 heterocycles. The van der Waals surface area contributed by atoms with E-state index in [0.29, 0.717) is 29.1 Å². The lowest BCUT2D eigenvalue weighted by Crippen LogP contribution is -2.23. The SMILES string of the molecule is CNC(=O)c1ccccc1-n1nc2c3ccccc3n(Cc3ccc(-n4cccn4)cc3)cc-2c1=O. The number of rotatable bonds is 5. The van der Waals surface area contributed by atoms with Crippen LogP contribution in [0.1, 0.15) is 15.9 Å². The number of fused-ring (bicyclic) bond motifs is 3. The summed E-state index contributed by atoms with van der Waals surface area (Å²) in [4.78, 5) is 26.0. The van der Waals surface area contributed by atoms with E-state index in [-0.39, 0.29) is 11.5 Å². The number of nitrogens with one attached hydrogen (secondary N) is 1. The van der Waals surface area contributed by atoms with Gasteiger partial charge in [0.25, 0.3) is 11.5 Å². The molecule has 2 aliphatic rings. The Kier molecular flexibility index (Phi) is 5.19. The molecule has 36 heavy (non-hydrogen) atoms. The largest absolute Gasteiger partial charge is 0.355 e. The van der Waals surface area contributed by atoms with E-state index in [1.165, 1.54) is 4.68 Å². The van der Waals surface area contributed by atoms with E-state index in [1.54, 1.807) is 37.5 Å². The Balaban J connectivity index is 1.48. The predicted octanol–water partition coefficient (Wildman–Crippen LogP) is 3.89. The standard InChI is InChI=1S/C28H22N6O2/c1-29-27(35)22-8-3-5-10-25(22)34-28(36)23-18-32(24-9-4-2-7-21(24)26(23)31-34)17-19-11-13-20(14-12-19)33-16-6-15-30-33/h2-16,18H,17H2,1H3,(H,29,35). The molecule has 0 atom stereocenters. The molecule has 4 aromatic rings. The first-order valence-electron chi connectivity index (χ1n) is 11.6. The van der Waals surface area contributed by atoms with Crippen LogP contribution in [-0.4, -0.2) is 37.1 Å². The van der Waals surface area contributed by atoms with Crippen molar-refractivity contribution in [2.75, 3.05) is 7.05 Å². The highest BCUT2D eigenvalue weighted by Crippen LogP contribution is 2.29. The first-order chi connectivity index (χ1) is 17.6. The summed E-state index contributed by atoms with van der Waals surface area (Å²) in [5.41, 5.74) is 4.70. The van der Waals surface area contributed by atoms with E-state index in [9.17, 15) is 9.59 Å². The average molecular weight is 475 g/mol. The molecule has 0 radical (unpaired) electrons. The summed E-state index contributed by atoms with van der Waals surface area (Å²) in [7, 11) is 1.56. The average Bonchev–Trinajstić information content (AvgIpc) is 3.58. The smallest absolute Gasteiger partial charge is 0.282 e. The number of hydrogen-bond donors (Lipinski definition) is 1. The third-order valence-electron chi connectivity index (χ3n) is 6.29. The summed E-state index contributed by atoms with van der Waals surface area (Å²) < 4.78 is 5.21. The minimum atomic E-state index is -0.275. The van der Waals surface area contributed by atoms with Crippen molar-refractivity contribution in [3.63, 3.8) is 0 Å². The van der Waals surface area contributed by atoms with Crippen LogP contribution in [0.2, 0.25) is 0 Å². The lowest BCUT2D eigenvalue weighted by molar-refractivity contribution is 0.0963. The molecule has 2 aliphatic heterocycles. The highest BCUT2D eigenvalue weighted by Gasteiger charge is 2.23. The minimum absolute atomic E-state index is 0.269. The van der Waals surface area contributed by atoms with Gasteiger partial charge in [-0.25, -0.2) is 4.68 Å². The van der Waals surface area contributed by atoms with E-state index in [2.05, 4.69) is 32.2 Å². The van der Waals surface area contributed by atoms with Crippen molar-refractivity contribution >= 4 is 16.8 Å². The van der Waals surface area contributed by atoms with E-state index >= 15 is 0 Å². The number of carbonyl (C=O) groups is 1. The maximum Gasteiger partial charge on any atom is 0.282 e.